The quantitative estimate of drug-likeness (QED) is 0.823. The molecule has 0 bridgehead atoms. The Hall–Kier alpha value is -1.81. The van der Waals surface area contributed by atoms with Crippen LogP contribution in [0.2, 0.25) is 0 Å². The van der Waals surface area contributed by atoms with Crippen molar-refractivity contribution in [3.8, 4) is 0 Å². The Balaban J connectivity index is 2.05. The lowest BCUT2D eigenvalue weighted by molar-refractivity contribution is -0.153. The molecule has 158 valence electrons. The smallest absolute Gasteiger partial charge is 0.391 e. The van der Waals surface area contributed by atoms with Crippen molar-refractivity contribution >= 4 is 11.8 Å². The minimum absolute atomic E-state index is 0.0329. The van der Waals surface area contributed by atoms with E-state index >= 15 is 0 Å². The molecule has 0 radical (unpaired) electrons. The molecule has 3 rings (SSSR count). The minimum atomic E-state index is -4.48. The molecular formula is C18H27F3N4O3. The highest BCUT2D eigenvalue weighted by Crippen LogP contribution is 2.34. The number of aliphatic hydroxyl groups excluding tert-OH is 1. The molecule has 0 saturated carbocycles. The van der Waals surface area contributed by atoms with E-state index in [9.17, 15) is 23.1 Å². The molecule has 2 aliphatic heterocycles. The first-order valence-electron chi connectivity index (χ1n) is 9.57. The van der Waals surface area contributed by atoms with Crippen LogP contribution in [0.3, 0.4) is 0 Å². The third kappa shape index (κ3) is 4.12. The van der Waals surface area contributed by atoms with Crippen molar-refractivity contribution in [2.75, 3.05) is 36.1 Å². The molecular weight excluding hydrogens is 377 g/mol. The second-order valence-corrected chi connectivity index (χ2v) is 7.83. The molecule has 1 fully saturated rings. The number of aliphatic hydroxyl groups is 1. The summed E-state index contributed by atoms with van der Waals surface area (Å²) in [5, 5.41) is 10.3. The number of aromatic nitrogens is 2. The molecule has 28 heavy (non-hydrogen) atoms. The van der Waals surface area contributed by atoms with E-state index in [0.29, 0.717) is 25.6 Å². The normalized spacial score (nSPS) is 24.4. The van der Waals surface area contributed by atoms with Gasteiger partial charge in [0.1, 0.15) is 11.9 Å². The van der Waals surface area contributed by atoms with Gasteiger partial charge in [-0.2, -0.15) is 18.2 Å². The van der Waals surface area contributed by atoms with E-state index in [1.807, 2.05) is 11.8 Å². The number of alkyl halides is 3. The number of ether oxygens (including phenoxy) is 1. The molecule has 3 atom stereocenters. The maximum Gasteiger partial charge on any atom is 0.408 e. The van der Waals surface area contributed by atoms with Crippen molar-refractivity contribution in [1.29, 1.82) is 0 Å². The zero-order valence-electron chi connectivity index (χ0n) is 16.3. The van der Waals surface area contributed by atoms with Crippen molar-refractivity contribution in [3.05, 3.63) is 16.4 Å². The van der Waals surface area contributed by atoms with Gasteiger partial charge in [-0.05, 0) is 19.3 Å². The predicted octanol–water partition coefficient (Wildman–Crippen LogP) is 1.63. The highest BCUT2D eigenvalue weighted by Gasteiger charge is 2.47. The Kier molecular flexibility index (Phi) is 5.90. The number of hydrogen-bond acceptors (Lipinski definition) is 6. The molecule has 0 aromatic carbocycles. The van der Waals surface area contributed by atoms with E-state index < -0.39 is 18.3 Å². The maximum absolute atomic E-state index is 13.7. The molecule has 2 aliphatic rings. The summed E-state index contributed by atoms with van der Waals surface area (Å²) in [4.78, 5) is 20.0. The Morgan fingerprint density at radius 1 is 1.36 bits per heavy atom. The molecule has 0 amide bonds. The lowest BCUT2D eigenvalue weighted by Gasteiger charge is -2.41. The fraction of sp³-hybridized carbons (Fsp3) is 0.778. The van der Waals surface area contributed by atoms with Crippen molar-refractivity contribution in [3.63, 3.8) is 0 Å². The average Bonchev–Trinajstić information content (AvgIpc) is 2.61. The van der Waals surface area contributed by atoms with Gasteiger partial charge < -0.3 is 19.6 Å². The molecule has 2 unspecified atom stereocenters. The fourth-order valence-electron chi connectivity index (χ4n) is 3.63. The van der Waals surface area contributed by atoms with Crippen LogP contribution in [-0.4, -0.2) is 65.3 Å². The zero-order valence-corrected chi connectivity index (χ0v) is 16.3. The van der Waals surface area contributed by atoms with Crippen LogP contribution in [0.25, 0.3) is 0 Å². The van der Waals surface area contributed by atoms with Gasteiger partial charge in [-0.1, -0.05) is 13.8 Å². The molecule has 1 N–H and O–H groups in total. The van der Waals surface area contributed by atoms with Crippen LogP contribution in [-0.2, 0) is 11.3 Å². The van der Waals surface area contributed by atoms with Crippen LogP contribution in [0.4, 0.5) is 24.9 Å². The largest absolute Gasteiger partial charge is 0.408 e. The van der Waals surface area contributed by atoms with Gasteiger partial charge in [0.15, 0.2) is 0 Å². The first kappa shape index (κ1) is 20.9. The summed E-state index contributed by atoms with van der Waals surface area (Å²) < 4.78 is 47.7. The number of rotatable bonds is 4. The average molecular weight is 404 g/mol. The standard InChI is InChI=1S/C18H27F3N4O3/c1-11(2)13(26)9-25-14(18(19,20)21)4-5-24-16(27)8-15(22-17(24)25)23-6-7-28-10-12(23)3/h8,11-14,26H,4-7,9-10H2,1-3H3/t12-,13?,14?/m1/s1. The van der Waals surface area contributed by atoms with E-state index in [0.717, 1.165) is 4.90 Å². The molecule has 1 aromatic heterocycles. The number of morpholine rings is 1. The molecule has 7 nitrogen and oxygen atoms in total. The van der Waals surface area contributed by atoms with Crippen LogP contribution < -0.4 is 15.4 Å². The Morgan fingerprint density at radius 3 is 2.68 bits per heavy atom. The van der Waals surface area contributed by atoms with Gasteiger partial charge in [0, 0.05) is 25.7 Å². The lowest BCUT2D eigenvalue weighted by atomic mass is 10.0. The second kappa shape index (κ2) is 7.90. The number of β-amino-alcohol motifs (C(OH)–C–C–N with tert-alkyl or cyclic N) is 1. The minimum Gasteiger partial charge on any atom is -0.391 e. The van der Waals surface area contributed by atoms with Gasteiger partial charge in [-0.15, -0.1) is 0 Å². The number of anilines is 2. The summed E-state index contributed by atoms with van der Waals surface area (Å²) in [5.74, 6) is 0.0896. The Labute approximate surface area is 161 Å². The summed E-state index contributed by atoms with van der Waals surface area (Å²) in [5.41, 5.74) is -0.386. The van der Waals surface area contributed by atoms with Gasteiger partial charge in [-0.3, -0.25) is 9.36 Å². The van der Waals surface area contributed by atoms with E-state index in [1.54, 1.807) is 13.8 Å². The van der Waals surface area contributed by atoms with Gasteiger partial charge in [0.25, 0.3) is 5.56 Å². The molecule has 1 aromatic rings. The van der Waals surface area contributed by atoms with Crippen LogP contribution in [0.5, 0.6) is 0 Å². The third-order valence-electron chi connectivity index (χ3n) is 5.43. The van der Waals surface area contributed by atoms with Gasteiger partial charge in [0.2, 0.25) is 5.95 Å². The summed E-state index contributed by atoms with van der Waals surface area (Å²) in [6, 6.07) is -0.457. The number of hydrogen-bond donors (Lipinski definition) is 1. The van der Waals surface area contributed by atoms with Crippen LogP contribution in [0, 0.1) is 5.92 Å². The zero-order chi connectivity index (χ0) is 20.6. The summed E-state index contributed by atoms with van der Waals surface area (Å²) in [6.07, 6.45) is -5.71. The molecule has 10 heteroatoms. The van der Waals surface area contributed by atoms with Crippen molar-refractivity contribution in [1.82, 2.24) is 9.55 Å². The first-order chi connectivity index (χ1) is 13.1. The van der Waals surface area contributed by atoms with Crippen molar-refractivity contribution in [2.45, 2.75) is 58.1 Å². The highest BCUT2D eigenvalue weighted by atomic mass is 19.4. The van der Waals surface area contributed by atoms with Crippen LogP contribution in [0.1, 0.15) is 27.2 Å². The first-order valence-corrected chi connectivity index (χ1v) is 9.57. The Morgan fingerprint density at radius 2 is 2.07 bits per heavy atom. The van der Waals surface area contributed by atoms with E-state index in [-0.39, 0.29) is 43.0 Å². The molecule has 0 spiro atoms. The Bertz CT molecular complexity index is 753. The summed E-state index contributed by atoms with van der Waals surface area (Å²) in [7, 11) is 0. The van der Waals surface area contributed by atoms with Gasteiger partial charge in [-0.25, -0.2) is 0 Å². The lowest BCUT2D eigenvalue weighted by Crippen LogP contribution is -2.55. The van der Waals surface area contributed by atoms with Crippen molar-refractivity contribution < 1.29 is 23.0 Å². The summed E-state index contributed by atoms with van der Waals surface area (Å²) >= 11 is 0. The van der Waals surface area contributed by atoms with E-state index in [4.69, 9.17) is 4.74 Å². The van der Waals surface area contributed by atoms with Gasteiger partial charge >= 0.3 is 6.18 Å². The van der Waals surface area contributed by atoms with Crippen LogP contribution in [0.15, 0.2) is 10.9 Å². The van der Waals surface area contributed by atoms with Crippen LogP contribution >= 0.6 is 0 Å². The molecule has 3 heterocycles. The monoisotopic (exact) mass is 404 g/mol. The predicted molar refractivity (Wildman–Crippen MR) is 98.8 cm³/mol. The van der Waals surface area contributed by atoms with E-state index in [1.165, 1.54) is 10.6 Å². The van der Waals surface area contributed by atoms with Crippen molar-refractivity contribution in [2.24, 2.45) is 5.92 Å². The number of nitrogens with zero attached hydrogens (tertiary/aromatic N) is 4. The molecule has 1 saturated heterocycles. The topological polar surface area (TPSA) is 70.8 Å². The maximum atomic E-state index is 13.7. The number of fused-ring (bicyclic) bond motifs is 1. The van der Waals surface area contributed by atoms with E-state index in [2.05, 4.69) is 4.98 Å². The fourth-order valence-corrected chi connectivity index (χ4v) is 3.63. The number of halogens is 3. The third-order valence-corrected chi connectivity index (χ3v) is 5.43. The molecule has 0 aliphatic carbocycles. The SMILES string of the molecule is CC(C)C(O)CN1c2nc(N3CCOC[C@H]3C)cc(=O)n2CCC1C(F)(F)F. The highest BCUT2D eigenvalue weighted by molar-refractivity contribution is 5.47. The second-order valence-electron chi connectivity index (χ2n) is 7.83. The summed E-state index contributed by atoms with van der Waals surface area (Å²) in [6.45, 7) is 6.53. The van der Waals surface area contributed by atoms with Gasteiger partial charge in [0.05, 0.1) is 25.4 Å².